The van der Waals surface area contributed by atoms with Crippen LogP contribution in [0.15, 0.2) is 54.6 Å². The van der Waals surface area contributed by atoms with Crippen molar-refractivity contribution in [2.45, 2.75) is 13.3 Å². The van der Waals surface area contributed by atoms with Crippen molar-refractivity contribution in [3.63, 3.8) is 0 Å². The summed E-state index contributed by atoms with van der Waals surface area (Å²) in [5.74, 6) is 0.0808. The Kier molecular flexibility index (Phi) is 3.86. The van der Waals surface area contributed by atoms with E-state index in [-0.39, 0.29) is 5.91 Å². The predicted molar refractivity (Wildman–Crippen MR) is 88.0 cm³/mol. The summed E-state index contributed by atoms with van der Waals surface area (Å²) in [4.78, 5) is 14.9. The first kappa shape index (κ1) is 14.6. The summed E-state index contributed by atoms with van der Waals surface area (Å²) in [6, 6.07) is 17.1. The number of rotatable bonds is 4. The zero-order chi connectivity index (χ0) is 15.6. The van der Waals surface area contributed by atoms with Gasteiger partial charge in [-0.05, 0) is 42.8 Å². The highest BCUT2D eigenvalue weighted by atomic mass is 16.5. The third-order valence-corrected chi connectivity index (χ3v) is 4.26. The van der Waals surface area contributed by atoms with Crippen molar-refractivity contribution in [3.05, 3.63) is 54.6 Å². The number of benzene rings is 2. The van der Waals surface area contributed by atoms with E-state index in [0.717, 1.165) is 17.8 Å². The van der Waals surface area contributed by atoms with E-state index >= 15 is 0 Å². The summed E-state index contributed by atoms with van der Waals surface area (Å²) in [5.41, 5.74) is 7.71. The maximum absolute atomic E-state index is 13.2. The fraction of sp³-hybridized carbons (Fsp3) is 0.278. The Morgan fingerprint density at radius 2 is 1.68 bits per heavy atom. The monoisotopic (exact) mass is 296 g/mol. The number of ether oxygens (including phenoxy) is 1. The molecule has 4 nitrogen and oxygen atoms in total. The number of anilines is 3. The van der Waals surface area contributed by atoms with Crippen LogP contribution >= 0.6 is 0 Å². The average molecular weight is 296 g/mol. The number of carbonyl (C=O) groups excluding carboxylic acids is 1. The first-order valence-electron chi connectivity index (χ1n) is 7.49. The highest BCUT2D eigenvalue weighted by Gasteiger charge is 2.47. The number of amides is 1. The Morgan fingerprint density at radius 1 is 1.09 bits per heavy atom. The summed E-state index contributed by atoms with van der Waals surface area (Å²) in [7, 11) is 0. The van der Waals surface area contributed by atoms with Gasteiger partial charge in [0.25, 0.3) is 0 Å². The summed E-state index contributed by atoms with van der Waals surface area (Å²) in [6.07, 6.45) is 0.768. The Bertz CT molecular complexity index is 643. The minimum atomic E-state index is -0.419. The molecule has 2 N–H and O–H groups in total. The second-order valence-corrected chi connectivity index (χ2v) is 5.69. The quantitative estimate of drug-likeness (QED) is 0.880. The van der Waals surface area contributed by atoms with Gasteiger partial charge < -0.3 is 10.5 Å². The molecule has 0 radical (unpaired) electrons. The molecule has 0 unspecified atom stereocenters. The fourth-order valence-electron chi connectivity index (χ4n) is 2.65. The fourth-order valence-corrected chi connectivity index (χ4v) is 2.65. The lowest BCUT2D eigenvalue weighted by Crippen LogP contribution is -2.54. The van der Waals surface area contributed by atoms with E-state index < -0.39 is 5.41 Å². The molecule has 2 aromatic carbocycles. The van der Waals surface area contributed by atoms with Gasteiger partial charge in [-0.15, -0.1) is 0 Å². The number of nitrogens with two attached hydrogens (primary N) is 1. The average Bonchev–Trinajstić information content (AvgIpc) is 2.50. The molecular formula is C18H20N2O2. The summed E-state index contributed by atoms with van der Waals surface area (Å²) in [5, 5.41) is 0. The maximum Gasteiger partial charge on any atom is 0.242 e. The first-order valence-corrected chi connectivity index (χ1v) is 7.49. The number of carbonyl (C=O) groups is 1. The minimum absolute atomic E-state index is 0.0808. The molecule has 0 atom stereocenters. The third kappa shape index (κ3) is 2.46. The molecule has 22 heavy (non-hydrogen) atoms. The molecule has 3 rings (SSSR count). The van der Waals surface area contributed by atoms with Gasteiger partial charge in [0, 0.05) is 17.1 Å². The molecule has 1 aliphatic heterocycles. The molecule has 0 aliphatic carbocycles. The molecule has 0 spiro atoms. The summed E-state index contributed by atoms with van der Waals surface area (Å²) in [6.45, 7) is 3.01. The molecule has 1 aliphatic rings. The smallest absolute Gasteiger partial charge is 0.242 e. The molecule has 114 valence electrons. The largest absolute Gasteiger partial charge is 0.399 e. The lowest BCUT2D eigenvalue weighted by molar-refractivity contribution is -0.158. The molecule has 0 aromatic heterocycles. The van der Waals surface area contributed by atoms with Crippen molar-refractivity contribution in [1.82, 2.24) is 0 Å². The second kappa shape index (κ2) is 5.81. The number of hydrogen-bond acceptors (Lipinski definition) is 3. The Hall–Kier alpha value is -2.33. The highest BCUT2D eigenvalue weighted by molar-refractivity contribution is 6.04. The van der Waals surface area contributed by atoms with Gasteiger partial charge in [0.1, 0.15) is 0 Å². The topological polar surface area (TPSA) is 55.6 Å². The molecule has 1 amide bonds. The summed E-state index contributed by atoms with van der Waals surface area (Å²) < 4.78 is 5.32. The molecule has 0 saturated carbocycles. The Balaban J connectivity index is 2.03. The van der Waals surface area contributed by atoms with E-state index in [0.29, 0.717) is 18.9 Å². The van der Waals surface area contributed by atoms with E-state index in [1.165, 1.54) is 0 Å². The van der Waals surface area contributed by atoms with Crippen molar-refractivity contribution in [2.24, 2.45) is 5.41 Å². The van der Waals surface area contributed by atoms with Gasteiger partial charge in [-0.3, -0.25) is 9.69 Å². The van der Waals surface area contributed by atoms with E-state index in [9.17, 15) is 4.79 Å². The van der Waals surface area contributed by atoms with Gasteiger partial charge in [-0.1, -0.05) is 25.1 Å². The zero-order valence-electron chi connectivity index (χ0n) is 12.7. The SMILES string of the molecule is CCC1(C(=O)N(c2ccccc2)c2ccc(N)cc2)COC1. The normalized spacial score (nSPS) is 15.9. The molecular weight excluding hydrogens is 276 g/mol. The standard InChI is InChI=1S/C18H20N2O2/c1-2-18(12-22-13-18)17(21)20(15-6-4-3-5-7-15)16-10-8-14(19)9-11-16/h3-11H,2,12-13,19H2,1H3. The van der Waals surface area contributed by atoms with Crippen LogP contribution in [0.4, 0.5) is 17.1 Å². The molecule has 2 aromatic rings. The van der Waals surface area contributed by atoms with Crippen LogP contribution in [0.1, 0.15) is 13.3 Å². The van der Waals surface area contributed by atoms with Gasteiger partial charge in [0.05, 0.1) is 18.6 Å². The number of nitrogen functional groups attached to an aromatic ring is 1. The lowest BCUT2D eigenvalue weighted by atomic mass is 9.81. The summed E-state index contributed by atoms with van der Waals surface area (Å²) >= 11 is 0. The number of nitrogens with zero attached hydrogens (tertiary/aromatic N) is 1. The molecule has 1 saturated heterocycles. The predicted octanol–water partition coefficient (Wildman–Crippen LogP) is 3.36. The van der Waals surface area contributed by atoms with Crippen LogP contribution < -0.4 is 10.6 Å². The van der Waals surface area contributed by atoms with Crippen LogP contribution in [-0.2, 0) is 9.53 Å². The van der Waals surface area contributed by atoms with Crippen molar-refractivity contribution < 1.29 is 9.53 Å². The molecule has 1 heterocycles. The molecule has 1 fully saturated rings. The van der Waals surface area contributed by atoms with Gasteiger partial charge >= 0.3 is 0 Å². The van der Waals surface area contributed by atoms with E-state index in [2.05, 4.69) is 0 Å². The van der Waals surface area contributed by atoms with Gasteiger partial charge in [-0.25, -0.2) is 0 Å². The van der Waals surface area contributed by atoms with Crippen molar-refractivity contribution in [3.8, 4) is 0 Å². The first-order chi connectivity index (χ1) is 10.7. The van der Waals surface area contributed by atoms with E-state index in [1.54, 1.807) is 4.90 Å². The third-order valence-electron chi connectivity index (χ3n) is 4.26. The van der Waals surface area contributed by atoms with Crippen LogP contribution in [0.3, 0.4) is 0 Å². The highest BCUT2D eigenvalue weighted by Crippen LogP contribution is 2.38. The second-order valence-electron chi connectivity index (χ2n) is 5.69. The van der Waals surface area contributed by atoms with Crippen molar-refractivity contribution in [2.75, 3.05) is 23.8 Å². The minimum Gasteiger partial charge on any atom is -0.399 e. The molecule has 4 heteroatoms. The maximum atomic E-state index is 13.2. The van der Waals surface area contributed by atoms with Gasteiger partial charge in [0.15, 0.2) is 0 Å². The lowest BCUT2D eigenvalue weighted by Gasteiger charge is -2.42. The van der Waals surface area contributed by atoms with Crippen LogP contribution in [0, 0.1) is 5.41 Å². The van der Waals surface area contributed by atoms with Crippen LogP contribution in [0.25, 0.3) is 0 Å². The van der Waals surface area contributed by atoms with Gasteiger partial charge in [0.2, 0.25) is 5.91 Å². The van der Waals surface area contributed by atoms with Crippen LogP contribution in [-0.4, -0.2) is 19.1 Å². The van der Waals surface area contributed by atoms with Crippen molar-refractivity contribution in [1.29, 1.82) is 0 Å². The number of hydrogen-bond donors (Lipinski definition) is 1. The number of para-hydroxylation sites is 1. The Labute approximate surface area is 130 Å². The Morgan fingerprint density at radius 3 is 2.18 bits per heavy atom. The van der Waals surface area contributed by atoms with Gasteiger partial charge in [-0.2, -0.15) is 0 Å². The van der Waals surface area contributed by atoms with E-state index in [4.69, 9.17) is 10.5 Å². The van der Waals surface area contributed by atoms with E-state index in [1.807, 2.05) is 61.5 Å². The van der Waals surface area contributed by atoms with Crippen LogP contribution in [0.2, 0.25) is 0 Å². The molecule has 0 bridgehead atoms. The van der Waals surface area contributed by atoms with Crippen molar-refractivity contribution >= 4 is 23.0 Å². The van der Waals surface area contributed by atoms with Crippen LogP contribution in [0.5, 0.6) is 0 Å². The zero-order valence-corrected chi connectivity index (χ0v) is 12.7.